The van der Waals surface area contributed by atoms with Crippen LogP contribution in [0.25, 0.3) is 0 Å². The number of carbonyl (C=O) groups excluding carboxylic acids is 1. The Balaban J connectivity index is 2.32. The van der Waals surface area contributed by atoms with Gasteiger partial charge in [0.25, 0.3) is 5.91 Å². The molecule has 0 bridgehead atoms. The first-order valence-electron chi connectivity index (χ1n) is 6.49. The van der Waals surface area contributed by atoms with Gasteiger partial charge in [0.1, 0.15) is 0 Å². The van der Waals surface area contributed by atoms with Crippen LogP contribution in [0.1, 0.15) is 39.0 Å². The lowest BCUT2D eigenvalue weighted by Gasteiger charge is -2.33. The second-order valence-electron chi connectivity index (χ2n) is 4.70. The summed E-state index contributed by atoms with van der Waals surface area (Å²) < 4.78 is 43.6. The van der Waals surface area contributed by atoms with Crippen LogP contribution in [0.3, 0.4) is 0 Å². The molecule has 1 aliphatic carbocycles. The second-order valence-corrected chi connectivity index (χ2v) is 6.58. The minimum atomic E-state index is -4.53. The largest absolute Gasteiger partial charge is 0.434 e. The standard InChI is InChI=1S/C12H17F3N2OS/c1-2-17-11(18)8-10(12(13,14)15)16-19(17)9-6-4-3-5-7-9/h8-9H,2-7H2,1H3. The van der Waals surface area contributed by atoms with E-state index in [1.807, 2.05) is 0 Å². The van der Waals surface area contributed by atoms with Gasteiger partial charge in [-0.05, 0) is 19.8 Å². The Morgan fingerprint density at radius 3 is 2.53 bits per heavy atom. The van der Waals surface area contributed by atoms with Gasteiger partial charge in [0.2, 0.25) is 0 Å². The summed E-state index contributed by atoms with van der Waals surface area (Å²) in [6, 6.07) is 0. The van der Waals surface area contributed by atoms with Crippen LogP contribution in [0, 0.1) is 0 Å². The van der Waals surface area contributed by atoms with E-state index in [9.17, 15) is 18.0 Å². The maximum Gasteiger partial charge on any atom is 0.434 e. The molecular formula is C12H17F3N2OS. The molecule has 0 radical (unpaired) electrons. The zero-order chi connectivity index (χ0) is 14.0. The molecule has 1 atom stereocenters. The minimum Gasteiger partial charge on any atom is -0.274 e. The maximum absolute atomic E-state index is 12.8. The van der Waals surface area contributed by atoms with Crippen molar-refractivity contribution in [3.05, 3.63) is 11.8 Å². The van der Waals surface area contributed by atoms with E-state index in [0.29, 0.717) is 12.6 Å². The highest BCUT2D eigenvalue weighted by atomic mass is 32.2. The summed E-state index contributed by atoms with van der Waals surface area (Å²) in [7, 11) is -0.955. The summed E-state index contributed by atoms with van der Waals surface area (Å²) in [6.45, 7) is 2.19. The molecule has 19 heavy (non-hydrogen) atoms. The summed E-state index contributed by atoms with van der Waals surface area (Å²) in [5, 5.41) is 0.0868. The molecule has 2 aliphatic rings. The van der Waals surface area contributed by atoms with Crippen molar-refractivity contribution in [2.45, 2.75) is 50.5 Å². The highest BCUT2D eigenvalue weighted by molar-refractivity contribution is 7.86. The summed E-state index contributed by atoms with van der Waals surface area (Å²) in [6.07, 6.45) is 0.963. The Morgan fingerprint density at radius 1 is 1.37 bits per heavy atom. The van der Waals surface area contributed by atoms with E-state index in [-0.39, 0.29) is 5.25 Å². The Labute approximate surface area is 113 Å². The Bertz CT molecular complexity index is 425. The van der Waals surface area contributed by atoms with E-state index in [2.05, 4.69) is 4.36 Å². The third-order valence-corrected chi connectivity index (χ3v) is 5.69. The molecule has 0 aromatic heterocycles. The highest BCUT2D eigenvalue weighted by Gasteiger charge is 2.39. The summed E-state index contributed by atoms with van der Waals surface area (Å²) in [5.74, 6) is -0.557. The first-order valence-corrected chi connectivity index (χ1v) is 7.69. The van der Waals surface area contributed by atoms with Crippen LogP contribution in [0.5, 0.6) is 0 Å². The molecule has 0 N–H and O–H groups in total. The SMILES string of the molecule is CCN1C(=O)C=C(C(F)(F)F)N=S1C1CCCCC1. The van der Waals surface area contributed by atoms with E-state index in [1.165, 1.54) is 4.31 Å². The maximum atomic E-state index is 12.8. The monoisotopic (exact) mass is 294 g/mol. The van der Waals surface area contributed by atoms with Gasteiger partial charge in [-0.2, -0.15) is 13.2 Å². The number of halogens is 3. The fourth-order valence-corrected chi connectivity index (χ4v) is 4.63. The van der Waals surface area contributed by atoms with Gasteiger partial charge in [-0.15, -0.1) is 0 Å². The van der Waals surface area contributed by atoms with Crippen molar-refractivity contribution in [3.8, 4) is 0 Å². The van der Waals surface area contributed by atoms with Crippen LogP contribution in [-0.2, 0) is 15.7 Å². The predicted molar refractivity (Wildman–Crippen MR) is 68.2 cm³/mol. The van der Waals surface area contributed by atoms with Crippen LogP contribution in [-0.4, -0.2) is 28.2 Å². The second kappa shape index (κ2) is 5.64. The molecule has 108 valence electrons. The first-order chi connectivity index (χ1) is 8.93. The van der Waals surface area contributed by atoms with E-state index in [4.69, 9.17) is 0 Å². The molecule has 1 unspecified atom stereocenters. The number of rotatable bonds is 2. The molecule has 1 heterocycles. The molecule has 0 spiro atoms. The topological polar surface area (TPSA) is 32.7 Å². The lowest BCUT2D eigenvalue weighted by atomic mass is 10.0. The van der Waals surface area contributed by atoms with Crippen LogP contribution < -0.4 is 0 Å². The summed E-state index contributed by atoms with van der Waals surface area (Å²) in [5.41, 5.74) is -1.02. The van der Waals surface area contributed by atoms with Gasteiger partial charge < -0.3 is 0 Å². The highest BCUT2D eigenvalue weighted by Crippen LogP contribution is 2.33. The van der Waals surface area contributed by atoms with E-state index in [1.54, 1.807) is 6.92 Å². The van der Waals surface area contributed by atoms with E-state index >= 15 is 0 Å². The summed E-state index contributed by atoms with van der Waals surface area (Å²) >= 11 is 0. The fraction of sp³-hybridized carbons (Fsp3) is 0.750. The third-order valence-electron chi connectivity index (χ3n) is 3.35. The van der Waals surface area contributed by atoms with Crippen LogP contribution >= 0.6 is 0 Å². The summed E-state index contributed by atoms with van der Waals surface area (Å²) in [4.78, 5) is 11.8. The third kappa shape index (κ3) is 3.19. The number of allylic oxidation sites excluding steroid dienone is 1. The zero-order valence-corrected chi connectivity index (χ0v) is 11.6. The van der Waals surface area contributed by atoms with E-state index in [0.717, 1.165) is 32.1 Å². The molecule has 1 saturated carbocycles. The van der Waals surface area contributed by atoms with Crippen molar-refractivity contribution in [3.63, 3.8) is 0 Å². The average Bonchev–Trinajstić information content (AvgIpc) is 2.37. The first kappa shape index (κ1) is 14.6. The van der Waals surface area contributed by atoms with Crippen molar-refractivity contribution in [1.29, 1.82) is 0 Å². The molecule has 1 aliphatic heterocycles. The van der Waals surface area contributed by atoms with Crippen molar-refractivity contribution < 1.29 is 18.0 Å². The molecule has 1 fully saturated rings. The Hall–Kier alpha value is -0.850. The molecule has 3 nitrogen and oxygen atoms in total. The Morgan fingerprint density at radius 2 is 2.00 bits per heavy atom. The number of hydrogen-bond donors (Lipinski definition) is 0. The minimum absolute atomic E-state index is 0.0868. The van der Waals surface area contributed by atoms with E-state index < -0.39 is 28.7 Å². The van der Waals surface area contributed by atoms with Crippen LogP contribution in [0.15, 0.2) is 16.1 Å². The van der Waals surface area contributed by atoms with Gasteiger partial charge >= 0.3 is 6.18 Å². The predicted octanol–water partition coefficient (Wildman–Crippen LogP) is 3.34. The number of likely N-dealkylation sites (N-methyl/N-ethyl adjacent to an activating group) is 1. The molecular weight excluding hydrogens is 277 g/mol. The normalized spacial score (nSPS) is 26.1. The lowest BCUT2D eigenvalue weighted by Crippen LogP contribution is -2.40. The van der Waals surface area contributed by atoms with Crippen LogP contribution in [0.2, 0.25) is 0 Å². The zero-order valence-electron chi connectivity index (χ0n) is 10.7. The smallest absolute Gasteiger partial charge is 0.274 e. The van der Waals surface area contributed by atoms with Crippen molar-refractivity contribution in [1.82, 2.24) is 4.31 Å². The van der Waals surface area contributed by atoms with Crippen LogP contribution in [0.4, 0.5) is 13.2 Å². The van der Waals surface area contributed by atoms with Gasteiger partial charge in [0, 0.05) is 28.7 Å². The number of carbonyl (C=O) groups is 1. The molecule has 1 amide bonds. The number of nitrogens with zero attached hydrogens (tertiary/aromatic N) is 2. The Kier molecular flexibility index (Phi) is 4.32. The fourth-order valence-electron chi connectivity index (χ4n) is 2.41. The van der Waals surface area contributed by atoms with Crippen molar-refractivity contribution in [2.75, 3.05) is 6.54 Å². The number of alkyl halides is 3. The molecule has 2 rings (SSSR count). The molecule has 7 heteroatoms. The quantitative estimate of drug-likeness (QED) is 0.768. The van der Waals surface area contributed by atoms with Crippen molar-refractivity contribution in [2.24, 2.45) is 4.36 Å². The lowest BCUT2D eigenvalue weighted by molar-refractivity contribution is -0.123. The van der Waals surface area contributed by atoms with Gasteiger partial charge in [-0.25, -0.2) is 4.36 Å². The van der Waals surface area contributed by atoms with Crippen molar-refractivity contribution >= 4 is 16.8 Å². The van der Waals surface area contributed by atoms with Gasteiger partial charge in [0.15, 0.2) is 5.70 Å². The average molecular weight is 294 g/mol. The van der Waals surface area contributed by atoms with Gasteiger partial charge in [0.05, 0.1) is 0 Å². The van der Waals surface area contributed by atoms with Gasteiger partial charge in [-0.3, -0.25) is 9.10 Å². The number of hydrogen-bond acceptors (Lipinski definition) is 2. The molecule has 0 aromatic carbocycles. The molecule has 0 aromatic rings. The van der Waals surface area contributed by atoms with Gasteiger partial charge in [-0.1, -0.05) is 19.3 Å². The number of amides is 1. The molecule has 0 saturated heterocycles.